The van der Waals surface area contributed by atoms with Crippen LogP contribution < -0.4 is 5.32 Å². The summed E-state index contributed by atoms with van der Waals surface area (Å²) in [4.78, 5) is 5.04. The van der Waals surface area contributed by atoms with E-state index in [9.17, 15) is 0 Å². The van der Waals surface area contributed by atoms with Crippen molar-refractivity contribution in [1.82, 2.24) is 15.1 Å². The molecule has 0 fully saturated rings. The Morgan fingerprint density at radius 3 is 2.39 bits per heavy atom. The van der Waals surface area contributed by atoms with E-state index >= 15 is 0 Å². The van der Waals surface area contributed by atoms with E-state index < -0.39 is 9.76 Å². The van der Waals surface area contributed by atoms with Gasteiger partial charge in [0.25, 0.3) is 0 Å². The van der Waals surface area contributed by atoms with E-state index in [-0.39, 0.29) is 0 Å². The van der Waals surface area contributed by atoms with Gasteiger partial charge in [0, 0.05) is 12.3 Å². The second kappa shape index (κ2) is 16.9. The second-order valence-electron chi connectivity index (χ2n) is 6.66. The molecule has 0 saturated carbocycles. The van der Waals surface area contributed by atoms with E-state index in [4.69, 9.17) is 4.43 Å². The molecule has 0 aromatic rings. The first-order valence-corrected chi connectivity index (χ1v) is 11.4. The van der Waals surface area contributed by atoms with E-state index in [1.165, 1.54) is 57.9 Å². The van der Waals surface area contributed by atoms with Crippen LogP contribution >= 0.6 is 0 Å². The van der Waals surface area contributed by atoms with Gasteiger partial charge in [0.1, 0.15) is 0 Å². The van der Waals surface area contributed by atoms with Gasteiger partial charge in [-0.3, -0.25) is 0 Å². The molecule has 1 unspecified atom stereocenters. The fourth-order valence-electron chi connectivity index (χ4n) is 2.66. The van der Waals surface area contributed by atoms with Gasteiger partial charge < -0.3 is 19.5 Å². The first-order valence-electron chi connectivity index (χ1n) is 9.87. The van der Waals surface area contributed by atoms with Crippen LogP contribution in [0.1, 0.15) is 59.8 Å². The largest absolute Gasteiger partial charge is 0.420 e. The lowest BCUT2D eigenvalue weighted by Gasteiger charge is -2.24. The lowest BCUT2D eigenvalue weighted by Crippen LogP contribution is -2.35. The van der Waals surface area contributed by atoms with Crippen molar-refractivity contribution in [2.24, 2.45) is 0 Å². The zero-order chi connectivity index (χ0) is 17.3. The summed E-state index contributed by atoms with van der Waals surface area (Å²) in [6.07, 6.45) is 7.85. The van der Waals surface area contributed by atoms with Gasteiger partial charge in [-0.15, -0.1) is 0 Å². The molecule has 5 heteroatoms. The second-order valence-corrected chi connectivity index (χ2v) is 7.85. The van der Waals surface area contributed by atoms with Crippen molar-refractivity contribution in [3.8, 4) is 0 Å². The average molecular weight is 346 g/mol. The Hall–Kier alpha value is 0.0569. The molecule has 0 amide bonds. The van der Waals surface area contributed by atoms with Crippen molar-refractivity contribution in [1.29, 1.82) is 0 Å². The van der Waals surface area contributed by atoms with E-state index in [0.29, 0.717) is 6.10 Å². The molecule has 0 aromatic heterocycles. The molecule has 0 aliphatic heterocycles. The Morgan fingerprint density at radius 2 is 1.74 bits per heavy atom. The maximum Gasteiger partial charge on any atom is 0.175 e. The topological polar surface area (TPSA) is 27.7 Å². The van der Waals surface area contributed by atoms with Gasteiger partial charge in [0.05, 0.1) is 0 Å². The standard InChI is InChI=1S/C18H43N3OSi/c1-6-11-18(4)22-23-17-21(15-9-13-19-12-7-2)16-10-14-20(5)8-3/h18-19H,6-17,23H2,1-5H3. The molecular formula is C18H43N3OSi. The van der Waals surface area contributed by atoms with Crippen LogP contribution in [0.15, 0.2) is 0 Å². The maximum absolute atomic E-state index is 6.08. The minimum Gasteiger partial charge on any atom is -0.420 e. The molecule has 140 valence electrons. The fraction of sp³-hybridized carbons (Fsp3) is 1.00. The number of hydrogen-bond donors (Lipinski definition) is 1. The Bertz CT molecular complexity index is 244. The van der Waals surface area contributed by atoms with Gasteiger partial charge in [-0.25, -0.2) is 0 Å². The van der Waals surface area contributed by atoms with Crippen LogP contribution in [0.3, 0.4) is 0 Å². The third kappa shape index (κ3) is 15.3. The number of nitrogens with zero attached hydrogens (tertiary/aromatic N) is 2. The van der Waals surface area contributed by atoms with E-state index in [1.807, 2.05) is 0 Å². The zero-order valence-corrected chi connectivity index (χ0v) is 18.0. The minimum atomic E-state index is -0.408. The predicted octanol–water partition coefficient (Wildman–Crippen LogP) is 2.27. The molecule has 23 heavy (non-hydrogen) atoms. The fourth-order valence-corrected chi connectivity index (χ4v) is 4.04. The molecular weight excluding hydrogens is 302 g/mol. The summed E-state index contributed by atoms with van der Waals surface area (Å²) in [7, 11) is 1.80. The van der Waals surface area contributed by atoms with Crippen molar-refractivity contribution < 1.29 is 4.43 Å². The zero-order valence-electron chi connectivity index (χ0n) is 16.6. The van der Waals surface area contributed by atoms with Crippen molar-refractivity contribution in [2.75, 3.05) is 52.5 Å². The third-order valence-electron chi connectivity index (χ3n) is 4.31. The molecule has 0 saturated heterocycles. The Kier molecular flexibility index (Phi) is 16.9. The molecule has 0 aliphatic carbocycles. The van der Waals surface area contributed by atoms with Crippen molar-refractivity contribution >= 4 is 9.76 Å². The van der Waals surface area contributed by atoms with Gasteiger partial charge in [0.15, 0.2) is 9.76 Å². The van der Waals surface area contributed by atoms with Crippen LogP contribution in [0.2, 0.25) is 0 Å². The summed E-state index contributed by atoms with van der Waals surface area (Å²) >= 11 is 0. The Labute approximate surface area is 148 Å². The number of rotatable bonds is 17. The average Bonchev–Trinajstić information content (AvgIpc) is 2.54. The molecule has 0 aromatic carbocycles. The summed E-state index contributed by atoms with van der Waals surface area (Å²) in [5.74, 6) is 0. The normalized spacial score (nSPS) is 13.7. The lowest BCUT2D eigenvalue weighted by atomic mass is 10.2. The highest BCUT2D eigenvalue weighted by molar-refractivity contribution is 6.27. The molecule has 0 radical (unpaired) electrons. The van der Waals surface area contributed by atoms with Gasteiger partial charge in [-0.2, -0.15) is 0 Å². The van der Waals surface area contributed by atoms with E-state index in [1.54, 1.807) is 0 Å². The smallest absolute Gasteiger partial charge is 0.175 e. The predicted molar refractivity (Wildman–Crippen MR) is 106 cm³/mol. The van der Waals surface area contributed by atoms with Crippen LogP contribution in [-0.4, -0.2) is 78.2 Å². The van der Waals surface area contributed by atoms with Crippen LogP contribution in [0.4, 0.5) is 0 Å². The van der Waals surface area contributed by atoms with Crippen LogP contribution in [-0.2, 0) is 4.43 Å². The maximum atomic E-state index is 6.08. The number of nitrogens with one attached hydrogen (secondary N) is 1. The third-order valence-corrected chi connectivity index (χ3v) is 5.93. The van der Waals surface area contributed by atoms with E-state index in [0.717, 1.165) is 19.6 Å². The molecule has 4 nitrogen and oxygen atoms in total. The van der Waals surface area contributed by atoms with Crippen molar-refractivity contribution in [3.63, 3.8) is 0 Å². The molecule has 0 bridgehead atoms. The van der Waals surface area contributed by atoms with Crippen LogP contribution in [0.25, 0.3) is 0 Å². The lowest BCUT2D eigenvalue weighted by molar-refractivity contribution is 0.204. The van der Waals surface area contributed by atoms with Gasteiger partial charge in [0.2, 0.25) is 0 Å². The highest BCUT2D eigenvalue weighted by atomic mass is 28.2. The van der Waals surface area contributed by atoms with Crippen LogP contribution in [0, 0.1) is 0 Å². The van der Waals surface area contributed by atoms with Gasteiger partial charge >= 0.3 is 0 Å². The van der Waals surface area contributed by atoms with Crippen molar-refractivity contribution in [2.45, 2.75) is 65.9 Å². The van der Waals surface area contributed by atoms with Crippen LogP contribution in [0.5, 0.6) is 0 Å². The summed E-state index contributed by atoms with van der Waals surface area (Å²) in [5, 5.41) is 3.51. The Morgan fingerprint density at radius 1 is 1.00 bits per heavy atom. The summed E-state index contributed by atoms with van der Waals surface area (Å²) in [5.41, 5.74) is 0. The summed E-state index contributed by atoms with van der Waals surface area (Å²) < 4.78 is 6.08. The molecule has 0 heterocycles. The van der Waals surface area contributed by atoms with E-state index in [2.05, 4.69) is 49.9 Å². The summed E-state index contributed by atoms with van der Waals surface area (Å²) in [6, 6.07) is 0. The minimum absolute atomic E-state index is 0.408. The highest BCUT2D eigenvalue weighted by Gasteiger charge is 2.08. The molecule has 0 rings (SSSR count). The SMILES string of the molecule is CCCNCCCN(CCCN(C)CC)C[SiH2]OC(C)CCC. The number of hydrogen-bond acceptors (Lipinski definition) is 4. The monoisotopic (exact) mass is 345 g/mol. The molecule has 0 spiro atoms. The summed E-state index contributed by atoms with van der Waals surface area (Å²) in [6.45, 7) is 16.0. The quantitative estimate of drug-likeness (QED) is 0.323. The first-order chi connectivity index (χ1) is 11.1. The molecule has 1 N–H and O–H groups in total. The van der Waals surface area contributed by atoms with Gasteiger partial charge in [-0.1, -0.05) is 27.2 Å². The molecule has 0 aliphatic rings. The van der Waals surface area contributed by atoms with Gasteiger partial charge in [-0.05, 0) is 78.9 Å². The molecule has 1 atom stereocenters. The first kappa shape index (κ1) is 23.1. The highest BCUT2D eigenvalue weighted by Crippen LogP contribution is 2.01. The van der Waals surface area contributed by atoms with Crippen molar-refractivity contribution in [3.05, 3.63) is 0 Å². The Balaban J connectivity index is 3.95.